The predicted octanol–water partition coefficient (Wildman–Crippen LogP) is 3.36. The third kappa shape index (κ3) is 3.21. The van der Waals surface area contributed by atoms with Crippen LogP contribution in [0.1, 0.15) is 59.3 Å². The summed E-state index contributed by atoms with van der Waals surface area (Å²) in [5.41, 5.74) is 0.108. The second-order valence-electron chi connectivity index (χ2n) is 5.37. The van der Waals surface area contributed by atoms with Gasteiger partial charge < -0.3 is 10.1 Å². The highest BCUT2D eigenvalue weighted by atomic mass is 16.5. The zero-order chi connectivity index (χ0) is 12.0. The first kappa shape index (κ1) is 14.0. The molecular formula is C14H29NO. The van der Waals surface area contributed by atoms with Crippen LogP contribution in [0.4, 0.5) is 0 Å². The molecule has 1 N–H and O–H groups in total. The van der Waals surface area contributed by atoms with Crippen LogP contribution in [0.3, 0.4) is 0 Å². The molecule has 2 nitrogen and oxygen atoms in total. The fourth-order valence-corrected chi connectivity index (χ4v) is 2.97. The predicted molar refractivity (Wildman–Crippen MR) is 69.7 cm³/mol. The Kier molecular flexibility index (Phi) is 5.77. The van der Waals surface area contributed by atoms with Crippen LogP contribution in [0.25, 0.3) is 0 Å². The molecule has 0 amide bonds. The van der Waals surface area contributed by atoms with Crippen molar-refractivity contribution < 1.29 is 4.74 Å². The monoisotopic (exact) mass is 227 g/mol. The first-order chi connectivity index (χ1) is 7.68. The fourth-order valence-electron chi connectivity index (χ4n) is 2.97. The van der Waals surface area contributed by atoms with E-state index in [0.717, 1.165) is 12.5 Å². The van der Waals surface area contributed by atoms with Gasteiger partial charge in [-0.2, -0.15) is 0 Å². The fraction of sp³-hybridized carbons (Fsp3) is 1.00. The minimum atomic E-state index is 0.108. The van der Waals surface area contributed by atoms with E-state index in [9.17, 15) is 0 Å². The van der Waals surface area contributed by atoms with Crippen molar-refractivity contribution in [1.82, 2.24) is 5.32 Å². The molecule has 1 aliphatic carbocycles. The average molecular weight is 227 g/mol. The second-order valence-corrected chi connectivity index (χ2v) is 5.37. The molecular weight excluding hydrogens is 198 g/mol. The molecule has 0 saturated heterocycles. The van der Waals surface area contributed by atoms with Gasteiger partial charge in [0.25, 0.3) is 0 Å². The van der Waals surface area contributed by atoms with Gasteiger partial charge in [0.05, 0.1) is 5.60 Å². The molecule has 0 radical (unpaired) electrons. The highest BCUT2D eigenvalue weighted by Crippen LogP contribution is 2.37. The van der Waals surface area contributed by atoms with Crippen molar-refractivity contribution in [2.45, 2.75) is 70.9 Å². The minimum absolute atomic E-state index is 0.108. The first-order valence-electron chi connectivity index (χ1n) is 6.97. The summed E-state index contributed by atoms with van der Waals surface area (Å²) < 4.78 is 5.91. The zero-order valence-electron chi connectivity index (χ0n) is 11.5. The van der Waals surface area contributed by atoms with Crippen LogP contribution in [0.5, 0.6) is 0 Å². The number of ether oxygens (including phenoxy) is 1. The maximum atomic E-state index is 5.91. The van der Waals surface area contributed by atoms with Gasteiger partial charge in [-0.1, -0.05) is 20.8 Å². The molecule has 1 rings (SSSR count). The maximum absolute atomic E-state index is 5.91. The summed E-state index contributed by atoms with van der Waals surface area (Å²) in [6.45, 7) is 7.97. The van der Waals surface area contributed by atoms with Crippen molar-refractivity contribution in [3.8, 4) is 0 Å². The first-order valence-corrected chi connectivity index (χ1v) is 6.97. The largest absolute Gasteiger partial charge is 0.377 e. The standard InChI is InChI=1S/C14H29NO/c1-5-11-15-13(6-2)14(16-4)9-7-12(3)8-10-14/h12-13,15H,5-11H2,1-4H3. The lowest BCUT2D eigenvalue weighted by molar-refractivity contribution is -0.0754. The van der Waals surface area contributed by atoms with Crippen LogP contribution >= 0.6 is 0 Å². The van der Waals surface area contributed by atoms with E-state index in [4.69, 9.17) is 4.74 Å². The Morgan fingerprint density at radius 2 is 1.94 bits per heavy atom. The molecule has 0 aromatic rings. The summed E-state index contributed by atoms with van der Waals surface area (Å²) in [5.74, 6) is 0.881. The van der Waals surface area contributed by atoms with Crippen LogP contribution in [0, 0.1) is 5.92 Å². The Bertz CT molecular complexity index is 185. The SMILES string of the molecule is CCCNC(CC)C1(OC)CCC(C)CC1. The molecule has 1 atom stereocenters. The molecule has 0 heterocycles. The Morgan fingerprint density at radius 1 is 1.31 bits per heavy atom. The molecule has 96 valence electrons. The smallest absolute Gasteiger partial charge is 0.0831 e. The molecule has 16 heavy (non-hydrogen) atoms. The topological polar surface area (TPSA) is 21.3 Å². The van der Waals surface area contributed by atoms with E-state index in [1.165, 1.54) is 38.5 Å². The van der Waals surface area contributed by atoms with Crippen LogP contribution in [0.15, 0.2) is 0 Å². The van der Waals surface area contributed by atoms with Crippen LogP contribution in [-0.4, -0.2) is 25.3 Å². The lowest BCUT2D eigenvalue weighted by atomic mass is 9.74. The molecule has 2 heteroatoms. The summed E-state index contributed by atoms with van der Waals surface area (Å²) >= 11 is 0. The van der Waals surface area contributed by atoms with Crippen molar-refractivity contribution in [3.05, 3.63) is 0 Å². The molecule has 0 aromatic carbocycles. The molecule has 0 spiro atoms. The van der Waals surface area contributed by atoms with Gasteiger partial charge in [-0.25, -0.2) is 0 Å². The average Bonchev–Trinajstić information content (AvgIpc) is 2.32. The summed E-state index contributed by atoms with van der Waals surface area (Å²) in [6.07, 6.45) is 7.45. The molecule has 1 aliphatic rings. The molecule has 0 aliphatic heterocycles. The van der Waals surface area contributed by atoms with Gasteiger partial charge in [0.2, 0.25) is 0 Å². The van der Waals surface area contributed by atoms with Gasteiger partial charge in [-0.3, -0.25) is 0 Å². The van der Waals surface area contributed by atoms with E-state index in [0.29, 0.717) is 6.04 Å². The Balaban J connectivity index is 2.61. The maximum Gasteiger partial charge on any atom is 0.0831 e. The summed E-state index contributed by atoms with van der Waals surface area (Å²) in [5, 5.41) is 3.67. The van der Waals surface area contributed by atoms with Crippen molar-refractivity contribution >= 4 is 0 Å². The van der Waals surface area contributed by atoms with E-state index < -0.39 is 0 Å². The summed E-state index contributed by atoms with van der Waals surface area (Å²) in [4.78, 5) is 0. The van der Waals surface area contributed by atoms with Gasteiger partial charge in [0.1, 0.15) is 0 Å². The van der Waals surface area contributed by atoms with E-state index in [-0.39, 0.29) is 5.60 Å². The third-order valence-corrected chi connectivity index (χ3v) is 4.21. The second kappa shape index (κ2) is 6.61. The van der Waals surface area contributed by atoms with E-state index in [2.05, 4.69) is 26.1 Å². The van der Waals surface area contributed by atoms with E-state index in [1.807, 2.05) is 7.11 Å². The number of rotatable bonds is 6. The normalized spacial score (nSPS) is 32.6. The van der Waals surface area contributed by atoms with Gasteiger partial charge >= 0.3 is 0 Å². The van der Waals surface area contributed by atoms with Crippen molar-refractivity contribution in [2.75, 3.05) is 13.7 Å². The van der Waals surface area contributed by atoms with Gasteiger partial charge in [-0.15, -0.1) is 0 Å². The number of methoxy groups -OCH3 is 1. The quantitative estimate of drug-likeness (QED) is 0.751. The Labute approximate surface area is 101 Å². The third-order valence-electron chi connectivity index (χ3n) is 4.21. The lowest BCUT2D eigenvalue weighted by Gasteiger charge is -2.44. The van der Waals surface area contributed by atoms with Gasteiger partial charge in [-0.05, 0) is 51.0 Å². The van der Waals surface area contributed by atoms with E-state index in [1.54, 1.807) is 0 Å². The van der Waals surface area contributed by atoms with Crippen molar-refractivity contribution in [2.24, 2.45) is 5.92 Å². The Hall–Kier alpha value is -0.0800. The highest BCUT2D eigenvalue weighted by Gasteiger charge is 2.40. The minimum Gasteiger partial charge on any atom is -0.377 e. The van der Waals surface area contributed by atoms with Crippen molar-refractivity contribution in [1.29, 1.82) is 0 Å². The zero-order valence-corrected chi connectivity index (χ0v) is 11.5. The highest BCUT2D eigenvalue weighted by molar-refractivity contribution is 4.95. The van der Waals surface area contributed by atoms with Crippen molar-refractivity contribution in [3.63, 3.8) is 0 Å². The van der Waals surface area contributed by atoms with Gasteiger partial charge in [0, 0.05) is 13.2 Å². The number of hydrogen-bond acceptors (Lipinski definition) is 2. The van der Waals surface area contributed by atoms with E-state index >= 15 is 0 Å². The molecule has 1 saturated carbocycles. The summed E-state index contributed by atoms with van der Waals surface area (Å²) in [7, 11) is 1.90. The molecule has 0 bridgehead atoms. The number of nitrogens with one attached hydrogen (secondary N) is 1. The van der Waals surface area contributed by atoms with Gasteiger partial charge in [0.15, 0.2) is 0 Å². The number of hydrogen-bond donors (Lipinski definition) is 1. The van der Waals surface area contributed by atoms with Crippen LogP contribution < -0.4 is 5.32 Å². The Morgan fingerprint density at radius 3 is 2.38 bits per heavy atom. The van der Waals surface area contributed by atoms with Crippen LogP contribution in [0.2, 0.25) is 0 Å². The molecule has 1 unspecified atom stereocenters. The molecule has 0 aromatic heterocycles. The lowest BCUT2D eigenvalue weighted by Crippen LogP contribution is -2.53. The summed E-state index contributed by atoms with van der Waals surface area (Å²) in [6, 6.07) is 0.532. The van der Waals surface area contributed by atoms with Crippen LogP contribution in [-0.2, 0) is 4.74 Å². The molecule has 1 fully saturated rings.